The number of rotatable bonds is 4. The molecule has 0 saturated heterocycles. The van der Waals surface area contributed by atoms with Crippen LogP contribution in [0.1, 0.15) is 22.0 Å². The number of halogens is 2. The van der Waals surface area contributed by atoms with E-state index in [4.69, 9.17) is 23.2 Å². The number of aryl methyl sites for hydroxylation is 1. The van der Waals surface area contributed by atoms with Crippen LogP contribution in [0, 0.1) is 6.92 Å². The van der Waals surface area contributed by atoms with Gasteiger partial charge in [0.05, 0.1) is 10.0 Å². The maximum atomic E-state index is 6.24. The lowest BCUT2D eigenvalue weighted by Gasteiger charge is -2.17. The molecule has 1 aromatic carbocycles. The maximum Gasteiger partial charge on any atom is 0.0624 e. The predicted octanol–water partition coefficient (Wildman–Crippen LogP) is 4.87. The molecule has 96 valence electrons. The third kappa shape index (κ3) is 2.89. The van der Waals surface area contributed by atoms with E-state index in [1.54, 1.807) is 11.3 Å². The Balaban J connectivity index is 2.26. The predicted molar refractivity (Wildman–Crippen MR) is 81.0 cm³/mol. The molecule has 2 rings (SSSR count). The molecule has 0 radical (unpaired) electrons. The van der Waals surface area contributed by atoms with E-state index in [2.05, 4.69) is 23.7 Å². The lowest BCUT2D eigenvalue weighted by molar-refractivity contribution is 0.599. The van der Waals surface area contributed by atoms with Gasteiger partial charge in [-0.3, -0.25) is 0 Å². The fourth-order valence-corrected chi connectivity index (χ4v) is 3.43. The highest BCUT2D eigenvalue weighted by Gasteiger charge is 2.16. The molecule has 1 N–H and O–H groups in total. The third-order valence-corrected chi connectivity index (χ3v) is 5.01. The quantitative estimate of drug-likeness (QED) is 0.849. The van der Waals surface area contributed by atoms with Gasteiger partial charge >= 0.3 is 0 Å². The number of thiophene rings is 1. The van der Waals surface area contributed by atoms with Crippen LogP contribution in [-0.4, -0.2) is 7.05 Å². The van der Waals surface area contributed by atoms with E-state index in [-0.39, 0.29) is 6.04 Å². The Morgan fingerprint density at radius 1 is 1.28 bits per heavy atom. The molecule has 0 spiro atoms. The molecule has 1 heterocycles. The summed E-state index contributed by atoms with van der Waals surface area (Å²) in [5.41, 5.74) is 2.40. The number of likely N-dealkylation sites (N-methyl/N-ethyl adjacent to an activating group) is 1. The van der Waals surface area contributed by atoms with Crippen molar-refractivity contribution >= 4 is 34.5 Å². The van der Waals surface area contributed by atoms with E-state index in [1.807, 2.05) is 25.2 Å². The minimum absolute atomic E-state index is 0.279. The highest BCUT2D eigenvalue weighted by molar-refractivity contribution is 7.10. The van der Waals surface area contributed by atoms with E-state index in [0.717, 1.165) is 12.0 Å². The molecule has 1 aromatic heterocycles. The van der Waals surface area contributed by atoms with Crippen LogP contribution in [-0.2, 0) is 6.42 Å². The van der Waals surface area contributed by atoms with Crippen LogP contribution in [0.5, 0.6) is 0 Å². The van der Waals surface area contributed by atoms with Crippen molar-refractivity contribution < 1.29 is 0 Å². The smallest absolute Gasteiger partial charge is 0.0624 e. The van der Waals surface area contributed by atoms with E-state index in [1.165, 1.54) is 10.4 Å². The monoisotopic (exact) mass is 299 g/mol. The second-order valence-electron chi connectivity index (χ2n) is 4.23. The molecule has 4 heteroatoms. The Hall–Kier alpha value is -0.540. The van der Waals surface area contributed by atoms with Crippen LogP contribution < -0.4 is 5.32 Å². The third-order valence-electron chi connectivity index (χ3n) is 3.02. The van der Waals surface area contributed by atoms with Crippen molar-refractivity contribution in [1.29, 1.82) is 0 Å². The molecule has 1 nitrogen and oxygen atoms in total. The molecule has 0 aliphatic rings. The van der Waals surface area contributed by atoms with Gasteiger partial charge in [-0.25, -0.2) is 0 Å². The Morgan fingerprint density at radius 3 is 2.67 bits per heavy atom. The zero-order valence-corrected chi connectivity index (χ0v) is 12.7. The summed E-state index contributed by atoms with van der Waals surface area (Å²) in [7, 11) is 1.97. The second kappa shape index (κ2) is 6.07. The first-order chi connectivity index (χ1) is 8.63. The van der Waals surface area contributed by atoms with Crippen LogP contribution in [0.15, 0.2) is 29.6 Å². The van der Waals surface area contributed by atoms with Gasteiger partial charge in [-0.15, -0.1) is 11.3 Å². The molecule has 1 unspecified atom stereocenters. The Labute approximate surface area is 122 Å². The fraction of sp³-hybridized carbons (Fsp3) is 0.286. The van der Waals surface area contributed by atoms with Crippen LogP contribution in [0.3, 0.4) is 0 Å². The van der Waals surface area contributed by atoms with Crippen molar-refractivity contribution in [2.45, 2.75) is 19.4 Å². The van der Waals surface area contributed by atoms with Gasteiger partial charge in [0.25, 0.3) is 0 Å². The van der Waals surface area contributed by atoms with Crippen molar-refractivity contribution in [2.75, 3.05) is 7.05 Å². The number of hydrogen-bond acceptors (Lipinski definition) is 2. The Bertz CT molecular complexity index is 536. The van der Waals surface area contributed by atoms with Gasteiger partial charge in [0.2, 0.25) is 0 Å². The zero-order chi connectivity index (χ0) is 13.1. The molecular weight excluding hydrogens is 285 g/mol. The molecule has 0 bridgehead atoms. The summed E-state index contributed by atoms with van der Waals surface area (Å²) in [4.78, 5) is 1.36. The molecule has 0 aliphatic carbocycles. The maximum absolute atomic E-state index is 6.24. The normalized spacial score (nSPS) is 12.7. The average Bonchev–Trinajstić information content (AvgIpc) is 2.77. The number of hydrogen-bond donors (Lipinski definition) is 1. The summed E-state index contributed by atoms with van der Waals surface area (Å²) in [6.45, 7) is 2.13. The van der Waals surface area contributed by atoms with Crippen LogP contribution in [0.2, 0.25) is 10.0 Å². The highest BCUT2D eigenvalue weighted by Crippen LogP contribution is 2.31. The van der Waals surface area contributed by atoms with Crippen molar-refractivity contribution in [2.24, 2.45) is 0 Å². The molecule has 0 fully saturated rings. The largest absolute Gasteiger partial charge is 0.312 e. The summed E-state index contributed by atoms with van der Waals surface area (Å²) in [5, 5.41) is 6.75. The summed E-state index contributed by atoms with van der Waals surface area (Å²) in [6.07, 6.45) is 0.844. The molecule has 18 heavy (non-hydrogen) atoms. The van der Waals surface area contributed by atoms with Gasteiger partial charge in [-0.05, 0) is 49.0 Å². The first kappa shape index (κ1) is 13.9. The molecule has 0 aliphatic heterocycles. The van der Waals surface area contributed by atoms with Crippen molar-refractivity contribution in [3.05, 3.63) is 55.7 Å². The minimum atomic E-state index is 0.279. The first-order valence-corrected chi connectivity index (χ1v) is 7.41. The SMILES string of the molecule is CNC(Cc1cccc(Cl)c1Cl)c1sccc1C. The van der Waals surface area contributed by atoms with Gasteiger partial charge < -0.3 is 5.32 Å². The van der Waals surface area contributed by atoms with Crippen LogP contribution in [0.4, 0.5) is 0 Å². The lowest BCUT2D eigenvalue weighted by Crippen LogP contribution is -2.18. The van der Waals surface area contributed by atoms with E-state index < -0.39 is 0 Å². The van der Waals surface area contributed by atoms with Gasteiger partial charge in [-0.2, -0.15) is 0 Å². The fourth-order valence-electron chi connectivity index (χ4n) is 1.99. The van der Waals surface area contributed by atoms with E-state index in [9.17, 15) is 0 Å². The highest BCUT2D eigenvalue weighted by atomic mass is 35.5. The Morgan fingerprint density at radius 2 is 2.06 bits per heavy atom. The van der Waals surface area contributed by atoms with Gasteiger partial charge in [0.1, 0.15) is 0 Å². The second-order valence-corrected chi connectivity index (χ2v) is 5.96. The van der Waals surface area contributed by atoms with Crippen molar-refractivity contribution in [1.82, 2.24) is 5.32 Å². The number of nitrogens with one attached hydrogen (secondary N) is 1. The van der Waals surface area contributed by atoms with Gasteiger partial charge in [0, 0.05) is 10.9 Å². The van der Waals surface area contributed by atoms with Crippen LogP contribution in [0.25, 0.3) is 0 Å². The van der Waals surface area contributed by atoms with E-state index >= 15 is 0 Å². The minimum Gasteiger partial charge on any atom is -0.312 e. The topological polar surface area (TPSA) is 12.0 Å². The molecule has 1 atom stereocenters. The van der Waals surface area contributed by atoms with Gasteiger partial charge in [-0.1, -0.05) is 35.3 Å². The van der Waals surface area contributed by atoms with Gasteiger partial charge in [0.15, 0.2) is 0 Å². The molecule has 0 amide bonds. The summed E-state index contributed by atoms with van der Waals surface area (Å²) in [5.74, 6) is 0. The summed E-state index contributed by atoms with van der Waals surface area (Å²) >= 11 is 14.1. The summed E-state index contributed by atoms with van der Waals surface area (Å²) < 4.78 is 0. The Kier molecular flexibility index (Phi) is 4.68. The molecule has 2 aromatic rings. The number of benzene rings is 1. The first-order valence-electron chi connectivity index (χ1n) is 5.77. The standard InChI is InChI=1S/C14H15Cl2NS/c1-9-6-7-18-14(9)12(17-2)8-10-4-3-5-11(15)13(10)16/h3-7,12,17H,8H2,1-2H3. The average molecular weight is 300 g/mol. The molecule has 0 saturated carbocycles. The van der Waals surface area contributed by atoms with Crippen molar-refractivity contribution in [3.63, 3.8) is 0 Å². The summed E-state index contributed by atoms with van der Waals surface area (Å²) in [6, 6.07) is 8.21. The lowest BCUT2D eigenvalue weighted by atomic mass is 10.0. The zero-order valence-electron chi connectivity index (χ0n) is 10.3. The molecular formula is C14H15Cl2NS. The van der Waals surface area contributed by atoms with Crippen molar-refractivity contribution in [3.8, 4) is 0 Å². The van der Waals surface area contributed by atoms with Crippen LogP contribution >= 0.6 is 34.5 Å². The van der Waals surface area contributed by atoms with E-state index in [0.29, 0.717) is 10.0 Å².